The Kier molecular flexibility index (Phi) is 9.71. The minimum Gasteiger partial charge on any atom is -0.352 e. The third kappa shape index (κ3) is 8.22. The van der Waals surface area contributed by atoms with Crippen LogP contribution in [-0.2, 0) is 16.0 Å². The average Bonchev–Trinajstić information content (AvgIpc) is 2.76. The number of anilines is 1. The number of carbonyl (C=O) groups is 3. The summed E-state index contributed by atoms with van der Waals surface area (Å²) in [5, 5.41) is 14.2. The molecule has 0 saturated heterocycles. The Balaban J connectivity index is 1.72. The molecular formula is C24H31N3O4. The fraction of sp³-hybridized carbons (Fsp3) is 0.375. The third-order valence-electron chi connectivity index (χ3n) is 5.15. The van der Waals surface area contributed by atoms with Crippen molar-refractivity contribution in [2.75, 3.05) is 11.9 Å². The molecule has 0 saturated carbocycles. The molecule has 0 aromatic heterocycles. The highest BCUT2D eigenvalue weighted by molar-refractivity contribution is 5.96. The highest BCUT2D eigenvalue weighted by atomic mass is 16.5. The smallest absolute Gasteiger partial charge is 0.251 e. The molecule has 7 nitrogen and oxygen atoms in total. The van der Waals surface area contributed by atoms with E-state index in [0.717, 1.165) is 36.0 Å². The predicted molar refractivity (Wildman–Crippen MR) is 120 cm³/mol. The summed E-state index contributed by atoms with van der Waals surface area (Å²) in [4.78, 5) is 35.5. The van der Waals surface area contributed by atoms with Crippen LogP contribution < -0.4 is 16.1 Å². The fourth-order valence-electron chi connectivity index (χ4n) is 3.32. The normalized spacial score (nSPS) is 10.4. The minimum atomic E-state index is -0.377. The second-order valence-electron chi connectivity index (χ2n) is 7.63. The van der Waals surface area contributed by atoms with Gasteiger partial charge in [-0.2, -0.15) is 0 Å². The standard InChI is InChI=1S/C24H31N3O4/c1-17-8-7-9-18(2)21(17)16-23(29)26-20-13-11-19(12-14-20)24(30)25-15-6-4-3-5-10-22(28)27-31/h7-9,11-14,31H,3-6,10,15-16H2,1-2H3,(H,25,30)(H,26,29)(H,27,28). The number of rotatable bonds is 11. The Morgan fingerprint density at radius 2 is 1.48 bits per heavy atom. The molecule has 0 unspecified atom stereocenters. The first-order chi connectivity index (χ1) is 14.9. The van der Waals surface area contributed by atoms with E-state index in [9.17, 15) is 14.4 Å². The second-order valence-corrected chi connectivity index (χ2v) is 7.63. The van der Waals surface area contributed by atoms with Crippen LogP contribution in [0.2, 0.25) is 0 Å². The zero-order valence-electron chi connectivity index (χ0n) is 18.2. The predicted octanol–water partition coefficient (Wildman–Crippen LogP) is 3.67. The van der Waals surface area contributed by atoms with Gasteiger partial charge in [0.2, 0.25) is 11.8 Å². The lowest BCUT2D eigenvalue weighted by molar-refractivity contribution is -0.129. The van der Waals surface area contributed by atoms with E-state index in [1.807, 2.05) is 32.0 Å². The Labute approximate surface area is 183 Å². The zero-order chi connectivity index (χ0) is 22.6. The number of carbonyl (C=O) groups excluding carboxylic acids is 3. The first kappa shape index (κ1) is 24.1. The van der Waals surface area contributed by atoms with Crippen molar-refractivity contribution in [3.05, 3.63) is 64.7 Å². The van der Waals surface area contributed by atoms with Gasteiger partial charge in [0.25, 0.3) is 5.91 Å². The molecule has 2 rings (SSSR count). The molecule has 0 spiro atoms. The van der Waals surface area contributed by atoms with Crippen LogP contribution in [0.4, 0.5) is 5.69 Å². The van der Waals surface area contributed by atoms with E-state index in [4.69, 9.17) is 5.21 Å². The molecule has 0 radical (unpaired) electrons. The van der Waals surface area contributed by atoms with Crippen molar-refractivity contribution in [3.8, 4) is 0 Å². The van der Waals surface area contributed by atoms with Gasteiger partial charge in [0.15, 0.2) is 0 Å². The van der Waals surface area contributed by atoms with Crippen molar-refractivity contribution in [3.63, 3.8) is 0 Å². The second kappa shape index (κ2) is 12.5. The highest BCUT2D eigenvalue weighted by Gasteiger charge is 2.10. The summed E-state index contributed by atoms with van der Waals surface area (Å²) >= 11 is 0. The Hall–Kier alpha value is -3.19. The van der Waals surface area contributed by atoms with Crippen LogP contribution >= 0.6 is 0 Å². The highest BCUT2D eigenvalue weighted by Crippen LogP contribution is 2.16. The number of nitrogens with one attached hydrogen (secondary N) is 3. The van der Waals surface area contributed by atoms with Gasteiger partial charge in [-0.05, 0) is 67.6 Å². The van der Waals surface area contributed by atoms with Gasteiger partial charge in [-0.15, -0.1) is 0 Å². The summed E-state index contributed by atoms with van der Waals surface area (Å²) in [6.45, 7) is 4.55. The molecule has 0 aliphatic heterocycles. The SMILES string of the molecule is Cc1cccc(C)c1CC(=O)Nc1ccc(C(=O)NCCCCCCC(=O)NO)cc1. The molecule has 31 heavy (non-hydrogen) atoms. The molecular weight excluding hydrogens is 394 g/mol. The molecule has 4 N–H and O–H groups in total. The van der Waals surface area contributed by atoms with E-state index in [1.165, 1.54) is 0 Å². The summed E-state index contributed by atoms with van der Waals surface area (Å²) in [5.41, 5.74) is 6.02. The maximum Gasteiger partial charge on any atom is 0.251 e. The van der Waals surface area contributed by atoms with Crippen molar-refractivity contribution in [2.45, 2.75) is 52.4 Å². The van der Waals surface area contributed by atoms with Gasteiger partial charge >= 0.3 is 0 Å². The number of unbranched alkanes of at least 4 members (excludes halogenated alkanes) is 3. The molecule has 2 aromatic rings. The Morgan fingerprint density at radius 3 is 2.13 bits per heavy atom. The van der Waals surface area contributed by atoms with Crippen LogP contribution in [0.1, 0.15) is 59.2 Å². The number of hydroxylamine groups is 1. The quantitative estimate of drug-likeness (QED) is 0.250. The van der Waals surface area contributed by atoms with Gasteiger partial charge in [0.1, 0.15) is 0 Å². The van der Waals surface area contributed by atoms with E-state index < -0.39 is 0 Å². The number of aryl methyl sites for hydroxylation is 2. The third-order valence-corrected chi connectivity index (χ3v) is 5.15. The molecule has 0 bridgehead atoms. The molecule has 0 aliphatic carbocycles. The van der Waals surface area contributed by atoms with Crippen LogP contribution in [0.5, 0.6) is 0 Å². The summed E-state index contributed by atoms with van der Waals surface area (Å²) in [7, 11) is 0. The van der Waals surface area contributed by atoms with Crippen molar-refractivity contribution >= 4 is 23.4 Å². The van der Waals surface area contributed by atoms with E-state index in [2.05, 4.69) is 10.6 Å². The maximum absolute atomic E-state index is 12.4. The van der Waals surface area contributed by atoms with E-state index in [1.54, 1.807) is 29.7 Å². The van der Waals surface area contributed by atoms with Gasteiger partial charge in [-0.1, -0.05) is 31.0 Å². The summed E-state index contributed by atoms with van der Waals surface area (Å²) in [5.74, 6) is -0.627. The molecule has 7 heteroatoms. The van der Waals surface area contributed by atoms with Crippen molar-refractivity contribution in [2.24, 2.45) is 0 Å². The molecule has 2 aromatic carbocycles. The van der Waals surface area contributed by atoms with Crippen LogP contribution in [0.25, 0.3) is 0 Å². The lowest BCUT2D eigenvalue weighted by atomic mass is 10.00. The van der Waals surface area contributed by atoms with Crippen LogP contribution in [0.15, 0.2) is 42.5 Å². The maximum atomic E-state index is 12.4. The van der Waals surface area contributed by atoms with Crippen molar-refractivity contribution in [1.29, 1.82) is 0 Å². The van der Waals surface area contributed by atoms with Gasteiger partial charge in [-0.3, -0.25) is 19.6 Å². The fourth-order valence-corrected chi connectivity index (χ4v) is 3.32. The largest absolute Gasteiger partial charge is 0.352 e. The van der Waals surface area contributed by atoms with Crippen LogP contribution in [-0.4, -0.2) is 29.5 Å². The topological polar surface area (TPSA) is 108 Å². The van der Waals surface area contributed by atoms with E-state index in [-0.39, 0.29) is 17.7 Å². The average molecular weight is 426 g/mol. The molecule has 166 valence electrons. The zero-order valence-corrected chi connectivity index (χ0v) is 18.2. The summed E-state index contributed by atoms with van der Waals surface area (Å²) in [6.07, 6.45) is 3.89. The van der Waals surface area contributed by atoms with E-state index in [0.29, 0.717) is 37.1 Å². The molecule has 0 heterocycles. The Morgan fingerprint density at radius 1 is 0.839 bits per heavy atom. The van der Waals surface area contributed by atoms with Gasteiger partial charge in [0.05, 0.1) is 6.42 Å². The minimum absolute atomic E-state index is 0.0916. The Bertz CT molecular complexity index is 874. The molecule has 3 amide bonds. The van der Waals surface area contributed by atoms with Gasteiger partial charge in [-0.25, -0.2) is 5.48 Å². The molecule has 0 aliphatic rings. The lowest BCUT2D eigenvalue weighted by Crippen LogP contribution is -2.24. The number of benzene rings is 2. The summed E-state index contributed by atoms with van der Waals surface area (Å²) in [6, 6.07) is 12.8. The molecule has 0 fully saturated rings. The number of amides is 3. The van der Waals surface area contributed by atoms with Gasteiger partial charge in [0, 0.05) is 24.2 Å². The lowest BCUT2D eigenvalue weighted by Gasteiger charge is -2.11. The van der Waals surface area contributed by atoms with E-state index >= 15 is 0 Å². The van der Waals surface area contributed by atoms with Crippen molar-refractivity contribution in [1.82, 2.24) is 10.8 Å². The first-order valence-electron chi connectivity index (χ1n) is 10.6. The van der Waals surface area contributed by atoms with Crippen LogP contribution in [0.3, 0.4) is 0 Å². The molecule has 0 atom stereocenters. The number of hydrogen-bond donors (Lipinski definition) is 4. The number of hydrogen-bond acceptors (Lipinski definition) is 4. The first-order valence-corrected chi connectivity index (χ1v) is 10.6. The van der Waals surface area contributed by atoms with Gasteiger partial charge < -0.3 is 10.6 Å². The van der Waals surface area contributed by atoms with Crippen molar-refractivity contribution < 1.29 is 19.6 Å². The summed E-state index contributed by atoms with van der Waals surface area (Å²) < 4.78 is 0. The monoisotopic (exact) mass is 425 g/mol. The van der Waals surface area contributed by atoms with Crippen LogP contribution in [0, 0.1) is 13.8 Å².